The highest BCUT2D eigenvalue weighted by Crippen LogP contribution is 2.49. The lowest BCUT2D eigenvalue weighted by atomic mass is 9.76. The van der Waals surface area contributed by atoms with Crippen molar-refractivity contribution >= 4 is 40.7 Å². The number of nitrogens with zero attached hydrogens (tertiary/aromatic N) is 4. The third-order valence-corrected chi connectivity index (χ3v) is 10.6. The summed E-state index contributed by atoms with van der Waals surface area (Å²) in [5.41, 5.74) is 9.96. The van der Waals surface area contributed by atoms with Crippen LogP contribution in [0.25, 0.3) is 0 Å². The van der Waals surface area contributed by atoms with E-state index in [4.69, 9.17) is 5.73 Å². The van der Waals surface area contributed by atoms with Crippen molar-refractivity contribution in [2.24, 2.45) is 11.3 Å². The molecule has 3 N–H and O–H groups in total. The van der Waals surface area contributed by atoms with E-state index in [1.807, 2.05) is 24.3 Å². The molecule has 43 heavy (non-hydrogen) atoms. The molecule has 1 aliphatic carbocycles. The van der Waals surface area contributed by atoms with Crippen LogP contribution in [0.5, 0.6) is 0 Å². The van der Waals surface area contributed by atoms with Gasteiger partial charge in [-0.15, -0.1) is 0 Å². The molecule has 4 fully saturated rings. The minimum atomic E-state index is -0.939. The molecule has 0 bridgehead atoms. The lowest BCUT2D eigenvalue weighted by molar-refractivity contribution is -0.136. The van der Waals surface area contributed by atoms with Gasteiger partial charge in [0.05, 0.1) is 11.1 Å². The summed E-state index contributed by atoms with van der Waals surface area (Å²) in [5, 5.41) is 2.26. The molecule has 0 radical (unpaired) electrons. The van der Waals surface area contributed by atoms with Crippen molar-refractivity contribution < 1.29 is 19.2 Å². The molecule has 2 aromatic rings. The molecule has 4 heterocycles. The first kappa shape index (κ1) is 27.9. The molecule has 4 amide bonds. The van der Waals surface area contributed by atoms with Crippen molar-refractivity contribution in [3.8, 4) is 0 Å². The highest BCUT2D eigenvalue weighted by atomic mass is 16.2. The second-order valence-corrected chi connectivity index (χ2v) is 13.2. The van der Waals surface area contributed by atoms with E-state index in [1.54, 1.807) is 6.07 Å². The average Bonchev–Trinajstić information content (AvgIpc) is 3.51. The zero-order chi connectivity index (χ0) is 29.7. The van der Waals surface area contributed by atoms with E-state index in [9.17, 15) is 19.2 Å². The molecule has 7 rings (SSSR count). The molecule has 1 spiro atoms. The Morgan fingerprint density at radius 2 is 1.44 bits per heavy atom. The van der Waals surface area contributed by atoms with Gasteiger partial charge in [0.1, 0.15) is 6.04 Å². The molecule has 2 unspecified atom stereocenters. The average molecular weight is 585 g/mol. The van der Waals surface area contributed by atoms with Gasteiger partial charge in [-0.3, -0.25) is 34.3 Å². The van der Waals surface area contributed by atoms with Gasteiger partial charge in [-0.05, 0) is 92.3 Å². The molecule has 10 nitrogen and oxygen atoms in total. The van der Waals surface area contributed by atoms with Crippen LogP contribution in [0, 0.1) is 11.3 Å². The Bertz CT molecular complexity index is 1440. The number of piperazine rings is 1. The van der Waals surface area contributed by atoms with Gasteiger partial charge < -0.3 is 15.5 Å². The lowest BCUT2D eigenvalue weighted by Gasteiger charge is -2.41. The maximum absolute atomic E-state index is 13.3. The van der Waals surface area contributed by atoms with Gasteiger partial charge in [-0.2, -0.15) is 0 Å². The van der Waals surface area contributed by atoms with Crippen molar-refractivity contribution in [3.63, 3.8) is 0 Å². The number of rotatable bonds is 5. The van der Waals surface area contributed by atoms with Crippen molar-refractivity contribution in [2.45, 2.75) is 51.0 Å². The van der Waals surface area contributed by atoms with E-state index in [2.05, 4.69) is 32.1 Å². The van der Waals surface area contributed by atoms with Gasteiger partial charge in [0.15, 0.2) is 0 Å². The number of piperidine rings is 2. The molecular formula is C33H40N6O4. The number of carbonyl (C=O) groups is 4. The van der Waals surface area contributed by atoms with Gasteiger partial charge in [0.2, 0.25) is 11.8 Å². The molecule has 0 aromatic heterocycles. The molecule has 5 aliphatic rings. The van der Waals surface area contributed by atoms with E-state index < -0.39 is 23.8 Å². The zero-order valence-corrected chi connectivity index (χ0v) is 24.6. The van der Waals surface area contributed by atoms with Crippen LogP contribution in [0.2, 0.25) is 0 Å². The van der Waals surface area contributed by atoms with Crippen molar-refractivity contribution in [1.82, 2.24) is 15.1 Å². The molecule has 2 aromatic carbocycles. The van der Waals surface area contributed by atoms with Gasteiger partial charge in [-0.1, -0.05) is 0 Å². The number of nitrogens with two attached hydrogens (primary N) is 1. The molecular weight excluding hydrogens is 544 g/mol. The predicted molar refractivity (Wildman–Crippen MR) is 164 cm³/mol. The van der Waals surface area contributed by atoms with Gasteiger partial charge >= 0.3 is 0 Å². The van der Waals surface area contributed by atoms with Crippen LogP contribution in [0.1, 0.15) is 65.7 Å². The summed E-state index contributed by atoms with van der Waals surface area (Å²) in [6.45, 7) is 7.36. The second kappa shape index (κ2) is 11.0. The summed E-state index contributed by atoms with van der Waals surface area (Å²) in [7, 11) is 0. The Morgan fingerprint density at radius 3 is 2.16 bits per heavy atom. The number of fused-ring (bicyclic) bond motifs is 1. The maximum Gasteiger partial charge on any atom is 0.262 e. The van der Waals surface area contributed by atoms with Gasteiger partial charge in [0.25, 0.3) is 11.8 Å². The maximum atomic E-state index is 13.3. The minimum absolute atomic E-state index is 0.118. The van der Waals surface area contributed by atoms with E-state index >= 15 is 0 Å². The monoisotopic (exact) mass is 584 g/mol. The Labute approximate surface area is 252 Å². The van der Waals surface area contributed by atoms with Crippen LogP contribution >= 0.6 is 0 Å². The molecule has 10 heteroatoms. The summed E-state index contributed by atoms with van der Waals surface area (Å²) in [4.78, 5) is 58.8. The number of amides is 4. The highest BCUT2D eigenvalue weighted by molar-refractivity contribution is 6.23. The number of nitrogens with one attached hydrogen (secondary N) is 1. The minimum Gasteiger partial charge on any atom is -0.399 e. The van der Waals surface area contributed by atoms with Crippen molar-refractivity contribution in [1.29, 1.82) is 0 Å². The molecule has 4 aliphatic heterocycles. The largest absolute Gasteiger partial charge is 0.399 e. The first-order valence-corrected chi connectivity index (χ1v) is 15.7. The third kappa shape index (κ3) is 5.26. The Morgan fingerprint density at radius 1 is 0.767 bits per heavy atom. The topological polar surface area (TPSA) is 119 Å². The number of hydrogen-bond acceptors (Lipinski definition) is 8. The quantitative estimate of drug-likeness (QED) is 0.407. The standard InChI is InChI=1S/C33H40N6O4/c34-23-1-3-24(4-2-23)38-17-15-36(16-18-38)21-22-9-10-33(20-22)11-13-37(14-12-33)25-5-6-26-27(19-25)32(43)39(31(26)42)28-7-8-29(40)35-30(28)41/h1-6,19,22,28H,7-18,20-21,34H2,(H,35,40,41). The number of nitrogen functional groups attached to an aromatic ring is 1. The SMILES string of the molecule is Nc1ccc(N2CCN(CC3CCC4(CCN(c5ccc6c(c5)C(=O)N(C5CCC(=O)NC5=O)C6=O)CC4)C3)CC2)cc1. The van der Waals surface area contributed by atoms with Crippen molar-refractivity contribution in [3.05, 3.63) is 53.6 Å². The summed E-state index contributed by atoms with van der Waals surface area (Å²) in [6.07, 6.45) is 6.43. The predicted octanol–water partition coefficient (Wildman–Crippen LogP) is 2.88. The summed E-state index contributed by atoms with van der Waals surface area (Å²) < 4.78 is 0. The Hall–Kier alpha value is -3.92. The summed E-state index contributed by atoms with van der Waals surface area (Å²) >= 11 is 0. The van der Waals surface area contributed by atoms with E-state index in [0.29, 0.717) is 16.5 Å². The van der Waals surface area contributed by atoms with Gasteiger partial charge in [-0.25, -0.2) is 0 Å². The van der Waals surface area contributed by atoms with Crippen LogP contribution in [-0.2, 0) is 9.59 Å². The number of anilines is 3. The summed E-state index contributed by atoms with van der Waals surface area (Å²) in [6, 6.07) is 12.7. The van der Waals surface area contributed by atoms with E-state index in [0.717, 1.165) is 74.3 Å². The van der Waals surface area contributed by atoms with E-state index in [-0.39, 0.29) is 18.7 Å². The molecule has 3 saturated heterocycles. The molecule has 1 saturated carbocycles. The fourth-order valence-electron chi connectivity index (χ4n) is 8.07. The Kier molecular flexibility index (Phi) is 7.12. The number of imide groups is 2. The third-order valence-electron chi connectivity index (χ3n) is 10.6. The van der Waals surface area contributed by atoms with E-state index in [1.165, 1.54) is 31.5 Å². The smallest absolute Gasteiger partial charge is 0.262 e. The summed E-state index contributed by atoms with van der Waals surface area (Å²) in [5.74, 6) is -1.11. The fraction of sp³-hybridized carbons (Fsp3) is 0.515. The first-order chi connectivity index (χ1) is 20.8. The Balaban J connectivity index is 0.924. The number of hydrogen-bond donors (Lipinski definition) is 2. The van der Waals surface area contributed by atoms with Crippen LogP contribution in [-0.4, -0.2) is 85.3 Å². The van der Waals surface area contributed by atoms with Gasteiger partial charge in [0, 0.05) is 69.3 Å². The normalized spacial score (nSPS) is 25.9. The molecule has 2 atom stereocenters. The lowest BCUT2D eigenvalue weighted by Crippen LogP contribution is -2.54. The van der Waals surface area contributed by atoms with Crippen LogP contribution < -0.4 is 20.9 Å². The number of benzene rings is 2. The first-order valence-electron chi connectivity index (χ1n) is 15.7. The van der Waals surface area contributed by atoms with Crippen LogP contribution in [0.3, 0.4) is 0 Å². The van der Waals surface area contributed by atoms with Crippen LogP contribution in [0.4, 0.5) is 17.1 Å². The fourth-order valence-corrected chi connectivity index (χ4v) is 8.07. The molecule has 226 valence electrons. The number of carbonyl (C=O) groups excluding carboxylic acids is 4. The van der Waals surface area contributed by atoms with Crippen molar-refractivity contribution in [2.75, 3.05) is 61.3 Å². The highest BCUT2D eigenvalue weighted by Gasteiger charge is 2.45. The van der Waals surface area contributed by atoms with Crippen LogP contribution in [0.15, 0.2) is 42.5 Å². The second-order valence-electron chi connectivity index (χ2n) is 13.2. The zero-order valence-electron chi connectivity index (χ0n) is 24.6.